The van der Waals surface area contributed by atoms with Crippen LogP contribution in [0.3, 0.4) is 0 Å². The molecule has 0 spiro atoms. The number of aliphatic hydroxyl groups is 2. The number of anilines is 5. The van der Waals surface area contributed by atoms with Crippen molar-refractivity contribution in [2.24, 2.45) is 37.8 Å². The number of nitro groups is 1. The van der Waals surface area contributed by atoms with Gasteiger partial charge >= 0.3 is 11.4 Å². The Bertz CT molecular complexity index is 5730. The molecule has 4 aromatic heterocycles. The van der Waals surface area contributed by atoms with Gasteiger partial charge in [-0.2, -0.15) is 9.97 Å². The standard InChI is InChI=1S/2C24H26ClN5O3.C8H7Br2ClO.C8H6ClNO3.C8H8ClNO.C8H7ClO.C6H4BrClO/c2*1-29-18-11-26-21(27-17-5-15-2-3-33-19(15)6-16(17)25)28-20(18)30(22(29)31)23-7-13-4-14(8-23)10-24(32,9-13)12-23;9-3-4-12-8-5-6(11)1-2-7(8)10;9-6-4-8-5(1-2-13-8)3-7(6)10(11)12;9-6-4-8-5(1-2-11-8)3-7(6)10;9-7-2-1-6-3-4-10-8(6)5-7;7-5-2-1-4(8)3-6(5)9/h2*5-6,11,13-14,32H,2-4,7-10,12H2,1H3,(H,26,27,28);1-2,5H,3-4H2;3-4H,1-2H2;3-4H,1-2,10H2;1-2,5H,3-4H2;1-3,9H. The largest absolute Gasteiger partial charge is 0.507 e. The van der Waals surface area contributed by atoms with E-state index in [0.717, 1.165) is 169 Å². The number of phenols is 1. The maximum absolute atomic E-state index is 13.5. The van der Waals surface area contributed by atoms with Crippen molar-refractivity contribution < 1.29 is 48.7 Å². The topological polar surface area (TPSA) is 315 Å². The van der Waals surface area contributed by atoms with E-state index in [0.29, 0.717) is 156 Å². The third kappa shape index (κ3) is 18.5. The zero-order valence-electron chi connectivity index (χ0n) is 65.6. The minimum atomic E-state index is -0.667. The van der Waals surface area contributed by atoms with Gasteiger partial charge in [0.1, 0.15) is 56.3 Å². The van der Waals surface area contributed by atoms with Gasteiger partial charge in [0.15, 0.2) is 11.3 Å². The highest BCUT2D eigenvalue weighted by atomic mass is 79.9. The van der Waals surface area contributed by atoms with E-state index >= 15 is 0 Å². The number of hydrogen-bond donors (Lipinski definition) is 6. The number of nitrogens with two attached hydrogens (primary N) is 1. The van der Waals surface area contributed by atoms with E-state index in [-0.39, 0.29) is 38.9 Å². The molecule has 0 saturated heterocycles. The molecule has 0 amide bonds. The molecule has 8 saturated carbocycles. The zero-order valence-corrected chi connectivity index (χ0v) is 75.6. The van der Waals surface area contributed by atoms with Gasteiger partial charge in [0.2, 0.25) is 11.9 Å². The molecule has 7 N–H and O–H groups in total. The van der Waals surface area contributed by atoms with Crippen molar-refractivity contribution in [1.29, 1.82) is 0 Å². The van der Waals surface area contributed by atoms with Crippen molar-refractivity contribution in [2.75, 3.05) is 61.3 Å². The number of nitrogen functional groups attached to an aromatic ring is 1. The fourth-order valence-electron chi connectivity index (χ4n) is 19.8. The second-order valence-corrected chi connectivity index (χ2v) is 38.1. The number of phenolic OH excluding ortho intramolecular Hbond substituents is 1. The predicted octanol–water partition coefficient (Wildman–Crippen LogP) is 20.0. The number of ether oxygens (including phenoxy) is 6. The first-order chi connectivity index (χ1) is 57.9. The van der Waals surface area contributed by atoms with E-state index in [1.54, 1.807) is 59.9 Å². The minimum absolute atomic E-state index is 0.0501. The number of fused-ring (bicyclic) bond motifs is 7. The summed E-state index contributed by atoms with van der Waals surface area (Å²) in [7, 11) is 3.54. The maximum Gasteiger partial charge on any atom is 0.330 e. The van der Waals surface area contributed by atoms with Gasteiger partial charge < -0.3 is 60.1 Å². The van der Waals surface area contributed by atoms with E-state index in [1.807, 2.05) is 69.8 Å². The summed E-state index contributed by atoms with van der Waals surface area (Å²) in [5.41, 5.74) is 13.5. The molecule has 24 rings (SSSR count). The molecule has 11 aromatic rings. The van der Waals surface area contributed by atoms with Crippen molar-refractivity contribution in [2.45, 2.75) is 131 Å². The molecule has 8 fully saturated rings. The lowest BCUT2D eigenvalue weighted by atomic mass is 9.51. The Balaban J connectivity index is 0.000000113. The van der Waals surface area contributed by atoms with Crippen LogP contribution in [0.25, 0.3) is 22.3 Å². The van der Waals surface area contributed by atoms with Crippen LogP contribution >= 0.6 is 129 Å². The maximum atomic E-state index is 13.5. The van der Waals surface area contributed by atoms with Gasteiger partial charge in [-0.15, -0.1) is 0 Å². The van der Waals surface area contributed by atoms with Gasteiger partial charge in [0.25, 0.3) is 5.69 Å². The number of hydrogen-bond acceptors (Lipinski definition) is 20. The van der Waals surface area contributed by atoms with Crippen LogP contribution in [0.15, 0.2) is 134 Å². The third-order valence-corrected chi connectivity index (χ3v) is 27.8. The first-order valence-electron chi connectivity index (χ1n) is 39.7. The monoisotopic (exact) mass is 1970 g/mol. The van der Waals surface area contributed by atoms with Crippen LogP contribution in [0.2, 0.25) is 35.2 Å². The summed E-state index contributed by atoms with van der Waals surface area (Å²) in [6.45, 7) is 4.07. The molecule has 4 atom stereocenters. The van der Waals surface area contributed by atoms with Gasteiger partial charge in [-0.05, 0) is 222 Å². The number of imidazole rings is 2. The number of nitro benzene ring substituents is 1. The zero-order chi connectivity index (χ0) is 85.1. The molecule has 4 unspecified atom stereocenters. The van der Waals surface area contributed by atoms with E-state index in [1.165, 1.54) is 23.8 Å². The van der Waals surface area contributed by atoms with Gasteiger partial charge in [-0.3, -0.25) is 28.4 Å². The SMILES string of the molecule is Clc1ccc(Br)c(OCCBr)c1.Clc1ccc2c(c1)OCC2.Cn1c(=O)n(C23CC4CC(CC(O)(C4)C2)C3)c2nc(Nc3cc4c(cc3Cl)OCC4)ncc21.Cn1c(=O)n(C23CC4CC(CC(O)(C4)C2)C3)c2nc(Nc3cc4c(cc3Cl)OCC4)ncc21.Nc1cc2c(cc1Cl)OCC2.O=[N+]([O-])c1cc2c(cc1Cl)OCC2.Oc1cc(Cl)ccc1Br. The van der Waals surface area contributed by atoms with Crippen LogP contribution in [0.1, 0.15) is 105 Å². The van der Waals surface area contributed by atoms with Crippen LogP contribution in [0.4, 0.5) is 34.6 Å². The van der Waals surface area contributed by atoms with Crippen molar-refractivity contribution in [3.63, 3.8) is 0 Å². The fraction of sp³-hybridized carbons (Fsp3) is 0.395. The average molecular weight is 1980 g/mol. The fourth-order valence-corrected chi connectivity index (χ4v) is 21.8. The van der Waals surface area contributed by atoms with Gasteiger partial charge in [0.05, 0.1) is 120 Å². The average Bonchev–Trinajstić information content (AvgIpc) is 1.65. The molecule has 636 valence electrons. The lowest BCUT2D eigenvalue weighted by molar-refractivity contribution is -0.384. The first kappa shape index (κ1) is 86.5. The summed E-state index contributed by atoms with van der Waals surface area (Å²) in [6, 6.07) is 30.3. The molecule has 121 heavy (non-hydrogen) atoms. The van der Waals surface area contributed by atoms with Crippen molar-refractivity contribution in [3.8, 4) is 40.2 Å². The highest BCUT2D eigenvalue weighted by molar-refractivity contribution is 9.11. The first-order valence-corrected chi connectivity index (χ1v) is 45.0. The number of nitrogens with one attached hydrogen (secondary N) is 2. The molecule has 25 nitrogen and oxygen atoms in total. The second kappa shape index (κ2) is 35.6. The number of aryl methyl sites for hydroxylation is 2. The van der Waals surface area contributed by atoms with Crippen LogP contribution < -0.4 is 56.2 Å². The molecule has 8 aliphatic carbocycles. The van der Waals surface area contributed by atoms with Crippen LogP contribution in [-0.4, -0.2) is 115 Å². The second-order valence-electron chi connectivity index (χ2n) is 32.7. The van der Waals surface area contributed by atoms with Crippen LogP contribution in [0.5, 0.6) is 40.2 Å². The number of aromatic hydroxyl groups is 1. The number of rotatable bonds is 10. The highest BCUT2D eigenvalue weighted by Crippen LogP contribution is 2.62. The van der Waals surface area contributed by atoms with Crippen molar-refractivity contribution >= 4 is 186 Å². The Morgan fingerprint density at radius 3 is 1.36 bits per heavy atom. The van der Waals surface area contributed by atoms with E-state index in [4.69, 9.17) is 130 Å². The molecular formula is C86H84Br3Cl7N12O13. The summed E-state index contributed by atoms with van der Waals surface area (Å²) in [4.78, 5) is 55.6. The van der Waals surface area contributed by atoms with Crippen LogP contribution in [0, 0.1) is 33.8 Å². The predicted molar refractivity (Wildman–Crippen MR) is 481 cm³/mol. The lowest BCUT2D eigenvalue weighted by Gasteiger charge is -2.60. The Morgan fingerprint density at radius 1 is 0.529 bits per heavy atom. The molecule has 13 aliphatic rings. The summed E-state index contributed by atoms with van der Waals surface area (Å²) in [6.07, 6.45) is 18.4. The Labute approximate surface area is 755 Å². The van der Waals surface area contributed by atoms with Gasteiger partial charge in [0, 0.05) is 102 Å². The minimum Gasteiger partial charge on any atom is -0.507 e. The number of benzene rings is 7. The summed E-state index contributed by atoms with van der Waals surface area (Å²) in [5, 5.41) is 53.1. The number of nitrogens with zero attached hydrogens (tertiary/aromatic N) is 9. The quantitative estimate of drug-likeness (QED) is 0.0321. The number of alkyl halides is 1. The number of aromatic nitrogens is 8. The molecule has 35 heteroatoms. The van der Waals surface area contributed by atoms with Crippen LogP contribution in [-0.2, 0) is 57.3 Å². The van der Waals surface area contributed by atoms with Gasteiger partial charge in [-0.1, -0.05) is 103 Å². The molecule has 8 bridgehead atoms. The normalized spacial score (nSPS) is 23.0. The summed E-state index contributed by atoms with van der Waals surface area (Å²) >= 11 is 51.2. The third-order valence-electron chi connectivity index (χ3n) is 24.2. The molecule has 0 radical (unpaired) electrons. The Morgan fingerprint density at radius 2 is 0.926 bits per heavy atom. The van der Waals surface area contributed by atoms with Crippen molar-refractivity contribution in [3.05, 3.63) is 219 Å². The van der Waals surface area contributed by atoms with Gasteiger partial charge in [-0.25, -0.2) is 19.6 Å². The Kier molecular flexibility index (Phi) is 25.4. The highest BCUT2D eigenvalue weighted by Gasteiger charge is 2.61. The van der Waals surface area contributed by atoms with E-state index < -0.39 is 16.1 Å². The summed E-state index contributed by atoms with van der Waals surface area (Å²) < 4.78 is 41.0. The van der Waals surface area contributed by atoms with E-state index in [2.05, 4.69) is 68.4 Å². The molecule has 5 aliphatic heterocycles. The lowest BCUT2D eigenvalue weighted by Crippen LogP contribution is -2.61. The number of halogens is 10. The molecular weight excluding hydrogens is 1900 g/mol. The van der Waals surface area contributed by atoms with E-state index in [9.17, 15) is 29.9 Å². The molecule has 7 aromatic carbocycles. The Hall–Kier alpha value is -7.97. The molecule has 9 heterocycles. The summed E-state index contributed by atoms with van der Waals surface area (Å²) in [5.74, 6) is 7.72. The smallest absolute Gasteiger partial charge is 0.330 e. The van der Waals surface area contributed by atoms with Crippen molar-refractivity contribution in [1.82, 2.24) is 38.2 Å².